The van der Waals surface area contributed by atoms with Gasteiger partial charge in [0, 0.05) is 17.1 Å². The van der Waals surface area contributed by atoms with E-state index in [0.717, 1.165) is 0 Å². The maximum absolute atomic E-state index is 12.6. The number of rotatable bonds is 5. The van der Waals surface area contributed by atoms with Crippen LogP contribution < -0.4 is 15.4 Å². The minimum absolute atomic E-state index is 0.150. The van der Waals surface area contributed by atoms with Crippen molar-refractivity contribution < 1.29 is 14.3 Å². The Kier molecular flexibility index (Phi) is 6.53. The summed E-state index contributed by atoms with van der Waals surface area (Å²) in [5.74, 6) is -0.444. The Bertz CT molecular complexity index is 825. The van der Waals surface area contributed by atoms with Gasteiger partial charge in [0.25, 0.3) is 5.91 Å². The first kappa shape index (κ1) is 19.4. The maximum Gasteiger partial charge on any atom is 0.259 e. The monoisotopic (exact) mass is 400 g/mol. The number of anilines is 2. The number of nitrogens with one attached hydrogen (secondary N) is 2. The van der Waals surface area contributed by atoms with Crippen LogP contribution in [0.2, 0.25) is 15.1 Å². The van der Waals surface area contributed by atoms with Gasteiger partial charge in [0.05, 0.1) is 28.4 Å². The molecular weight excluding hydrogens is 387 g/mol. The van der Waals surface area contributed by atoms with E-state index in [9.17, 15) is 9.59 Å². The number of hydrogen-bond donors (Lipinski definition) is 2. The molecule has 0 bridgehead atoms. The summed E-state index contributed by atoms with van der Waals surface area (Å²) < 4.78 is 5.17. The number of hydrogen-bond acceptors (Lipinski definition) is 3. The predicted molar refractivity (Wildman–Crippen MR) is 101 cm³/mol. The molecule has 2 amide bonds. The van der Waals surface area contributed by atoms with Gasteiger partial charge >= 0.3 is 0 Å². The van der Waals surface area contributed by atoms with Crippen LogP contribution in [0.4, 0.5) is 11.4 Å². The largest absolute Gasteiger partial charge is 0.494 e. The van der Waals surface area contributed by atoms with Gasteiger partial charge in [-0.05, 0) is 30.3 Å². The molecule has 0 fully saturated rings. The standard InChI is InChI=1S/C17H15Cl3N2O3/c1-3-15(23)21-10-4-5-12(19)14(8-10)22-17(24)11-6-9(18)7-13(20)16(11)25-2/h4-8H,3H2,1-2H3,(H,21,23)(H,22,24). The highest BCUT2D eigenvalue weighted by Crippen LogP contribution is 2.33. The highest BCUT2D eigenvalue weighted by Gasteiger charge is 2.18. The van der Waals surface area contributed by atoms with E-state index >= 15 is 0 Å². The molecule has 25 heavy (non-hydrogen) atoms. The second kappa shape index (κ2) is 8.43. The molecule has 0 radical (unpaired) electrons. The van der Waals surface area contributed by atoms with Gasteiger partial charge in [-0.25, -0.2) is 0 Å². The average Bonchev–Trinajstić information content (AvgIpc) is 2.57. The fourth-order valence-electron chi connectivity index (χ4n) is 2.07. The van der Waals surface area contributed by atoms with Crippen molar-refractivity contribution in [2.45, 2.75) is 13.3 Å². The van der Waals surface area contributed by atoms with Gasteiger partial charge < -0.3 is 15.4 Å². The molecule has 0 aromatic heterocycles. The SMILES string of the molecule is CCC(=O)Nc1ccc(Cl)c(NC(=O)c2cc(Cl)cc(Cl)c2OC)c1. The Labute approximate surface area is 160 Å². The third-order valence-corrected chi connectivity index (χ3v) is 4.11. The van der Waals surface area contributed by atoms with Crippen molar-refractivity contribution >= 4 is 58.0 Å². The molecule has 0 atom stereocenters. The molecule has 8 heteroatoms. The number of carbonyl (C=O) groups excluding carboxylic acids is 2. The highest BCUT2D eigenvalue weighted by molar-refractivity contribution is 6.37. The summed E-state index contributed by atoms with van der Waals surface area (Å²) in [6, 6.07) is 7.70. The molecule has 0 unspecified atom stereocenters. The zero-order valence-corrected chi connectivity index (χ0v) is 15.7. The van der Waals surface area contributed by atoms with Gasteiger partial charge in [0.1, 0.15) is 5.75 Å². The Hall–Kier alpha value is -1.95. The molecule has 0 spiro atoms. The number of amides is 2. The van der Waals surface area contributed by atoms with Crippen molar-refractivity contribution in [2.75, 3.05) is 17.7 Å². The third-order valence-electron chi connectivity index (χ3n) is 3.28. The Morgan fingerprint density at radius 2 is 1.76 bits per heavy atom. The first-order valence-corrected chi connectivity index (χ1v) is 8.42. The zero-order valence-electron chi connectivity index (χ0n) is 13.5. The van der Waals surface area contributed by atoms with Crippen molar-refractivity contribution in [2.24, 2.45) is 0 Å². The molecule has 2 aromatic rings. The summed E-state index contributed by atoms with van der Waals surface area (Å²) in [7, 11) is 1.40. The summed E-state index contributed by atoms with van der Waals surface area (Å²) in [4.78, 5) is 24.1. The van der Waals surface area contributed by atoms with Crippen LogP contribution >= 0.6 is 34.8 Å². The molecule has 5 nitrogen and oxygen atoms in total. The van der Waals surface area contributed by atoms with Gasteiger partial charge in [-0.1, -0.05) is 41.7 Å². The lowest BCUT2D eigenvalue weighted by molar-refractivity contribution is -0.115. The van der Waals surface area contributed by atoms with Crippen LogP contribution in [-0.4, -0.2) is 18.9 Å². The number of carbonyl (C=O) groups is 2. The average molecular weight is 402 g/mol. The lowest BCUT2D eigenvalue weighted by Crippen LogP contribution is -2.15. The molecule has 2 aromatic carbocycles. The normalized spacial score (nSPS) is 10.3. The van der Waals surface area contributed by atoms with Crippen LogP contribution in [0.1, 0.15) is 23.7 Å². The van der Waals surface area contributed by atoms with Crippen LogP contribution in [0, 0.1) is 0 Å². The Balaban J connectivity index is 2.32. The van der Waals surface area contributed by atoms with E-state index in [-0.39, 0.29) is 22.2 Å². The van der Waals surface area contributed by atoms with Gasteiger partial charge in [-0.15, -0.1) is 0 Å². The van der Waals surface area contributed by atoms with Gasteiger partial charge in [-0.3, -0.25) is 9.59 Å². The van der Waals surface area contributed by atoms with Crippen LogP contribution in [0.25, 0.3) is 0 Å². The van der Waals surface area contributed by atoms with Gasteiger partial charge in [-0.2, -0.15) is 0 Å². The van der Waals surface area contributed by atoms with Crippen LogP contribution in [0.3, 0.4) is 0 Å². The maximum atomic E-state index is 12.6. The van der Waals surface area contributed by atoms with Crippen molar-refractivity contribution in [1.29, 1.82) is 0 Å². The predicted octanol–water partition coefficient (Wildman–Crippen LogP) is 5.26. The Morgan fingerprint density at radius 1 is 1.04 bits per heavy atom. The molecule has 0 saturated heterocycles. The fraction of sp³-hybridized carbons (Fsp3) is 0.176. The molecule has 2 N–H and O–H groups in total. The van der Waals surface area contributed by atoms with Gasteiger partial charge in [0.2, 0.25) is 5.91 Å². The highest BCUT2D eigenvalue weighted by atomic mass is 35.5. The minimum atomic E-state index is -0.498. The number of benzene rings is 2. The lowest BCUT2D eigenvalue weighted by atomic mass is 10.1. The molecule has 2 rings (SSSR count). The molecule has 0 heterocycles. The molecule has 0 aliphatic rings. The summed E-state index contributed by atoms with van der Waals surface area (Å²) in [6.45, 7) is 1.74. The van der Waals surface area contributed by atoms with Gasteiger partial charge in [0.15, 0.2) is 0 Å². The van der Waals surface area contributed by atoms with Crippen molar-refractivity contribution in [3.8, 4) is 5.75 Å². The summed E-state index contributed by atoms with van der Waals surface area (Å²) in [6.07, 6.45) is 0.336. The van der Waals surface area contributed by atoms with Crippen LogP contribution in [-0.2, 0) is 4.79 Å². The molecule has 0 saturated carbocycles. The van der Waals surface area contributed by atoms with Crippen molar-refractivity contribution in [3.63, 3.8) is 0 Å². The van der Waals surface area contributed by atoms with E-state index in [1.54, 1.807) is 25.1 Å². The summed E-state index contributed by atoms with van der Waals surface area (Å²) >= 11 is 18.1. The van der Waals surface area contributed by atoms with Crippen LogP contribution in [0.15, 0.2) is 30.3 Å². The minimum Gasteiger partial charge on any atom is -0.494 e. The number of ether oxygens (including phenoxy) is 1. The molecule has 132 valence electrons. The zero-order chi connectivity index (χ0) is 18.6. The molecular formula is C17H15Cl3N2O3. The third kappa shape index (κ3) is 4.78. The van der Waals surface area contributed by atoms with Crippen LogP contribution in [0.5, 0.6) is 5.75 Å². The topological polar surface area (TPSA) is 67.4 Å². The van der Waals surface area contributed by atoms with E-state index in [0.29, 0.717) is 27.8 Å². The summed E-state index contributed by atoms with van der Waals surface area (Å²) in [5, 5.41) is 6.19. The first-order valence-electron chi connectivity index (χ1n) is 7.29. The first-order chi connectivity index (χ1) is 11.8. The van der Waals surface area contributed by atoms with E-state index in [1.165, 1.54) is 19.2 Å². The smallest absolute Gasteiger partial charge is 0.259 e. The number of halogens is 3. The van der Waals surface area contributed by atoms with E-state index in [2.05, 4.69) is 10.6 Å². The second-order valence-corrected chi connectivity index (χ2v) is 6.27. The van der Waals surface area contributed by atoms with Crippen molar-refractivity contribution in [1.82, 2.24) is 0 Å². The Morgan fingerprint density at radius 3 is 2.40 bits per heavy atom. The van der Waals surface area contributed by atoms with E-state index < -0.39 is 5.91 Å². The van der Waals surface area contributed by atoms with Crippen molar-refractivity contribution in [3.05, 3.63) is 51.0 Å². The fourth-order valence-corrected chi connectivity index (χ4v) is 2.81. The number of methoxy groups -OCH3 is 1. The lowest BCUT2D eigenvalue weighted by Gasteiger charge is -2.13. The quantitative estimate of drug-likeness (QED) is 0.718. The van der Waals surface area contributed by atoms with E-state index in [4.69, 9.17) is 39.5 Å². The molecule has 0 aliphatic carbocycles. The molecule has 0 aliphatic heterocycles. The summed E-state index contributed by atoms with van der Waals surface area (Å²) in [5.41, 5.74) is 1.01. The second-order valence-electron chi connectivity index (χ2n) is 5.02. The van der Waals surface area contributed by atoms with E-state index in [1.807, 2.05) is 0 Å².